The molecule has 0 radical (unpaired) electrons. The summed E-state index contributed by atoms with van der Waals surface area (Å²) in [5, 5.41) is 0. The number of hydrogen-bond donors (Lipinski definition) is 0. The molecule has 2 rings (SSSR count). The minimum absolute atomic E-state index is 0.0965. The second kappa shape index (κ2) is 5.43. The molecule has 0 unspecified atom stereocenters. The number of rotatable bonds is 4. The highest BCUT2D eigenvalue weighted by Gasteiger charge is 2.60. The molecule has 0 aromatic heterocycles. The van der Waals surface area contributed by atoms with Crippen LogP contribution in [-0.4, -0.2) is 17.9 Å². The maximum absolute atomic E-state index is 12.6. The Morgan fingerprint density at radius 1 is 1.25 bits per heavy atom. The highest BCUT2D eigenvalue weighted by atomic mass is 16.2. The lowest BCUT2D eigenvalue weighted by atomic mass is 10.1. The quantitative estimate of drug-likeness (QED) is 0.761. The van der Waals surface area contributed by atoms with Crippen LogP contribution in [0.15, 0.2) is 42.0 Å². The fourth-order valence-electron chi connectivity index (χ4n) is 2.99. The van der Waals surface area contributed by atoms with E-state index >= 15 is 0 Å². The molecule has 1 fully saturated rings. The zero-order valence-corrected chi connectivity index (χ0v) is 13.2. The van der Waals surface area contributed by atoms with Gasteiger partial charge in [-0.05, 0) is 30.7 Å². The first-order chi connectivity index (χ1) is 9.34. The summed E-state index contributed by atoms with van der Waals surface area (Å²) in [7, 11) is 1.91. The number of carbonyl (C=O) groups is 1. The third-order valence-electron chi connectivity index (χ3n) is 4.33. The molecule has 1 amide bonds. The van der Waals surface area contributed by atoms with E-state index in [1.54, 1.807) is 0 Å². The Hall–Kier alpha value is -1.57. The molecular formula is C18H25NO. The summed E-state index contributed by atoms with van der Waals surface area (Å²) < 4.78 is 0. The minimum Gasteiger partial charge on any atom is -0.341 e. The van der Waals surface area contributed by atoms with Crippen molar-refractivity contribution in [2.45, 2.75) is 34.2 Å². The van der Waals surface area contributed by atoms with Crippen molar-refractivity contribution in [1.29, 1.82) is 0 Å². The Morgan fingerprint density at radius 3 is 2.40 bits per heavy atom. The van der Waals surface area contributed by atoms with Crippen molar-refractivity contribution >= 4 is 5.91 Å². The molecule has 2 atom stereocenters. The molecule has 20 heavy (non-hydrogen) atoms. The van der Waals surface area contributed by atoms with Gasteiger partial charge in [-0.15, -0.1) is 0 Å². The summed E-state index contributed by atoms with van der Waals surface area (Å²) in [5.41, 5.74) is 2.57. The fraction of sp³-hybridized carbons (Fsp3) is 0.500. The van der Waals surface area contributed by atoms with Crippen LogP contribution in [0, 0.1) is 17.3 Å². The molecule has 0 N–H and O–H groups in total. The summed E-state index contributed by atoms with van der Waals surface area (Å²) in [6.07, 6.45) is 2.25. The van der Waals surface area contributed by atoms with E-state index in [1.165, 1.54) is 11.1 Å². The third-order valence-corrected chi connectivity index (χ3v) is 4.33. The maximum Gasteiger partial charge on any atom is 0.226 e. The largest absolute Gasteiger partial charge is 0.341 e. The lowest BCUT2D eigenvalue weighted by Gasteiger charge is -2.18. The van der Waals surface area contributed by atoms with E-state index < -0.39 is 0 Å². The Labute approximate surface area is 122 Å². The van der Waals surface area contributed by atoms with Crippen LogP contribution in [-0.2, 0) is 11.3 Å². The molecule has 1 aliphatic carbocycles. The van der Waals surface area contributed by atoms with Gasteiger partial charge < -0.3 is 4.90 Å². The monoisotopic (exact) mass is 271 g/mol. The fourth-order valence-corrected chi connectivity index (χ4v) is 2.99. The molecule has 0 aliphatic heterocycles. The second-order valence-corrected chi connectivity index (χ2v) is 6.75. The SMILES string of the molecule is CC(C)=C[C@H]1[C@H](C(=O)N(C)Cc2ccccc2)C1(C)C. The van der Waals surface area contributed by atoms with Gasteiger partial charge in [0.1, 0.15) is 0 Å². The summed E-state index contributed by atoms with van der Waals surface area (Å²) in [4.78, 5) is 14.5. The summed E-state index contributed by atoms with van der Waals surface area (Å²) in [5.74, 6) is 0.783. The van der Waals surface area contributed by atoms with Crippen LogP contribution in [0.3, 0.4) is 0 Å². The smallest absolute Gasteiger partial charge is 0.226 e. The van der Waals surface area contributed by atoms with Gasteiger partial charge in [-0.2, -0.15) is 0 Å². The van der Waals surface area contributed by atoms with Crippen LogP contribution in [0.1, 0.15) is 33.3 Å². The van der Waals surface area contributed by atoms with E-state index in [1.807, 2.05) is 30.1 Å². The molecule has 1 aromatic carbocycles. The number of benzene rings is 1. The van der Waals surface area contributed by atoms with Crippen molar-refractivity contribution < 1.29 is 4.79 Å². The van der Waals surface area contributed by atoms with Gasteiger partial charge in [-0.1, -0.05) is 55.8 Å². The molecule has 2 heteroatoms. The van der Waals surface area contributed by atoms with Crippen LogP contribution in [0.2, 0.25) is 0 Å². The molecule has 2 nitrogen and oxygen atoms in total. The molecule has 1 saturated carbocycles. The van der Waals surface area contributed by atoms with Crippen LogP contribution < -0.4 is 0 Å². The van der Waals surface area contributed by atoms with Gasteiger partial charge in [0.05, 0.1) is 5.92 Å². The number of carbonyl (C=O) groups excluding carboxylic acids is 1. The van der Waals surface area contributed by atoms with Crippen LogP contribution >= 0.6 is 0 Å². The van der Waals surface area contributed by atoms with E-state index in [9.17, 15) is 4.79 Å². The lowest BCUT2D eigenvalue weighted by molar-refractivity contribution is -0.132. The molecule has 0 bridgehead atoms. The Balaban J connectivity index is 2.03. The van der Waals surface area contributed by atoms with E-state index in [0.717, 1.165) is 0 Å². The third kappa shape index (κ3) is 2.95. The van der Waals surface area contributed by atoms with Crippen molar-refractivity contribution in [2.75, 3.05) is 7.05 Å². The van der Waals surface area contributed by atoms with Crippen LogP contribution in [0.5, 0.6) is 0 Å². The van der Waals surface area contributed by atoms with Crippen LogP contribution in [0.25, 0.3) is 0 Å². The molecule has 1 aromatic rings. The molecule has 0 heterocycles. The predicted molar refractivity (Wildman–Crippen MR) is 83.1 cm³/mol. The Kier molecular flexibility index (Phi) is 4.03. The first-order valence-corrected chi connectivity index (χ1v) is 7.28. The number of allylic oxidation sites excluding steroid dienone is 2. The molecule has 1 aliphatic rings. The number of nitrogens with zero attached hydrogens (tertiary/aromatic N) is 1. The van der Waals surface area contributed by atoms with Gasteiger partial charge >= 0.3 is 0 Å². The lowest BCUT2D eigenvalue weighted by Crippen LogP contribution is -2.29. The summed E-state index contributed by atoms with van der Waals surface area (Å²) in [6.45, 7) is 9.27. The highest BCUT2D eigenvalue weighted by molar-refractivity contribution is 5.83. The van der Waals surface area contributed by atoms with Crippen molar-refractivity contribution in [3.05, 3.63) is 47.5 Å². The average Bonchev–Trinajstić information content (AvgIpc) is 2.90. The summed E-state index contributed by atoms with van der Waals surface area (Å²) in [6, 6.07) is 10.2. The first kappa shape index (κ1) is 14.8. The van der Waals surface area contributed by atoms with Crippen LogP contribution in [0.4, 0.5) is 0 Å². The highest BCUT2D eigenvalue weighted by Crippen LogP contribution is 2.60. The Bertz CT molecular complexity index is 511. The van der Waals surface area contributed by atoms with Gasteiger partial charge in [0.2, 0.25) is 5.91 Å². The van der Waals surface area contributed by atoms with Crippen molar-refractivity contribution in [1.82, 2.24) is 4.90 Å². The van der Waals surface area contributed by atoms with Gasteiger partial charge in [0, 0.05) is 13.6 Å². The van der Waals surface area contributed by atoms with Gasteiger partial charge in [-0.25, -0.2) is 0 Å². The normalized spacial score (nSPS) is 23.1. The zero-order valence-electron chi connectivity index (χ0n) is 13.2. The van der Waals surface area contributed by atoms with Gasteiger partial charge in [0.15, 0.2) is 0 Å². The van der Waals surface area contributed by atoms with Gasteiger partial charge in [-0.3, -0.25) is 4.79 Å². The molecule has 0 saturated heterocycles. The Morgan fingerprint density at radius 2 is 1.85 bits per heavy atom. The summed E-state index contributed by atoms with van der Waals surface area (Å²) >= 11 is 0. The van der Waals surface area contributed by atoms with E-state index in [2.05, 4.69) is 45.9 Å². The molecule has 0 spiro atoms. The number of amides is 1. The standard InChI is InChI=1S/C18H25NO/c1-13(2)11-15-16(18(15,3)4)17(20)19(5)12-14-9-7-6-8-10-14/h6-11,15-16H,12H2,1-5H3/t15-,16+/m0/s1. The zero-order chi connectivity index (χ0) is 14.9. The topological polar surface area (TPSA) is 20.3 Å². The molecule has 108 valence electrons. The van der Waals surface area contributed by atoms with Crippen molar-refractivity contribution in [2.24, 2.45) is 17.3 Å². The van der Waals surface area contributed by atoms with E-state index in [-0.39, 0.29) is 17.2 Å². The maximum atomic E-state index is 12.6. The van der Waals surface area contributed by atoms with Gasteiger partial charge in [0.25, 0.3) is 0 Å². The van der Waals surface area contributed by atoms with E-state index in [4.69, 9.17) is 0 Å². The number of hydrogen-bond acceptors (Lipinski definition) is 1. The second-order valence-electron chi connectivity index (χ2n) is 6.75. The van der Waals surface area contributed by atoms with E-state index in [0.29, 0.717) is 12.5 Å². The first-order valence-electron chi connectivity index (χ1n) is 7.28. The predicted octanol–water partition coefficient (Wildman–Crippen LogP) is 3.88. The van der Waals surface area contributed by atoms with Crippen molar-refractivity contribution in [3.63, 3.8) is 0 Å². The average molecular weight is 271 g/mol. The minimum atomic E-state index is 0.0965. The van der Waals surface area contributed by atoms with Crippen molar-refractivity contribution in [3.8, 4) is 0 Å². The molecular weight excluding hydrogens is 246 g/mol.